The number of aromatic nitrogens is 2. The van der Waals surface area contributed by atoms with E-state index in [1.165, 1.54) is 0 Å². The van der Waals surface area contributed by atoms with E-state index in [9.17, 15) is 13.5 Å². The van der Waals surface area contributed by atoms with Gasteiger partial charge in [-0.2, -0.15) is 4.31 Å². The summed E-state index contributed by atoms with van der Waals surface area (Å²) in [6.45, 7) is 11.3. The number of sulfonamides is 1. The van der Waals surface area contributed by atoms with Gasteiger partial charge in [0.05, 0.1) is 5.75 Å². The lowest BCUT2D eigenvalue weighted by atomic mass is 9.98. The zero-order valence-electron chi connectivity index (χ0n) is 23.8. The quantitative estimate of drug-likeness (QED) is 0.426. The molecule has 1 aromatic heterocycles. The number of nitrogens with one attached hydrogen (secondary N) is 1. The van der Waals surface area contributed by atoms with Crippen LogP contribution in [0, 0.1) is 12.8 Å². The summed E-state index contributed by atoms with van der Waals surface area (Å²) >= 11 is 0. The molecule has 4 rings (SSSR count). The molecule has 39 heavy (non-hydrogen) atoms. The molecule has 2 aliphatic heterocycles. The number of hydrogen-bond donors (Lipinski definition) is 2. The lowest BCUT2D eigenvalue weighted by Gasteiger charge is -2.46. The lowest BCUT2D eigenvalue weighted by Crippen LogP contribution is -2.61. The summed E-state index contributed by atoms with van der Waals surface area (Å²) in [5.74, 6) is 2.58. The van der Waals surface area contributed by atoms with E-state index in [0.717, 1.165) is 48.7 Å². The second-order valence-corrected chi connectivity index (χ2v) is 13.3. The Morgan fingerprint density at radius 2 is 2.08 bits per heavy atom. The molecular formula is C28H43N5O5S. The normalized spacial score (nSPS) is 20.8. The highest BCUT2D eigenvalue weighted by atomic mass is 32.2. The van der Waals surface area contributed by atoms with Crippen LogP contribution in [-0.2, 0) is 21.2 Å². The topological polar surface area (TPSA) is 117 Å². The summed E-state index contributed by atoms with van der Waals surface area (Å²) < 4.78 is 38.6. The SMILES string of the molecule is CCS(=O)(=O)N1CCN(c2nc(-c3cccc(OCC(O)CNC)c3)nc(C[C@@H]3CCOC3)c2C)CC1(C)C. The van der Waals surface area contributed by atoms with Gasteiger partial charge in [-0.25, -0.2) is 18.4 Å². The monoisotopic (exact) mass is 561 g/mol. The molecule has 0 bridgehead atoms. The van der Waals surface area contributed by atoms with E-state index in [0.29, 0.717) is 43.7 Å². The van der Waals surface area contributed by atoms with Crippen LogP contribution >= 0.6 is 0 Å². The molecule has 0 spiro atoms. The Bertz CT molecular complexity index is 1230. The number of hydrogen-bond acceptors (Lipinski definition) is 9. The third-order valence-corrected chi connectivity index (χ3v) is 9.61. The maximum Gasteiger partial charge on any atom is 0.214 e. The molecule has 2 fully saturated rings. The van der Waals surface area contributed by atoms with Crippen molar-refractivity contribution in [2.75, 3.05) is 63.7 Å². The van der Waals surface area contributed by atoms with Gasteiger partial charge in [0.1, 0.15) is 24.3 Å². The van der Waals surface area contributed by atoms with E-state index in [1.54, 1.807) is 18.3 Å². The van der Waals surface area contributed by atoms with Gasteiger partial charge in [0.15, 0.2) is 5.82 Å². The fourth-order valence-electron chi connectivity index (χ4n) is 5.41. The number of likely N-dealkylation sites (N-methyl/N-ethyl adjacent to an activating group) is 1. The molecule has 2 saturated heterocycles. The zero-order chi connectivity index (χ0) is 28.2. The van der Waals surface area contributed by atoms with Crippen LogP contribution in [0.4, 0.5) is 5.82 Å². The Morgan fingerprint density at radius 1 is 1.28 bits per heavy atom. The van der Waals surface area contributed by atoms with Crippen LogP contribution in [0.3, 0.4) is 0 Å². The Hall–Kier alpha value is -2.31. The average Bonchev–Trinajstić information content (AvgIpc) is 3.41. The lowest BCUT2D eigenvalue weighted by molar-refractivity contribution is 0.108. The summed E-state index contributed by atoms with van der Waals surface area (Å²) in [7, 11) is -1.53. The number of aliphatic hydroxyl groups excluding tert-OH is 1. The minimum atomic E-state index is -3.32. The minimum Gasteiger partial charge on any atom is -0.491 e. The van der Waals surface area contributed by atoms with Crippen LogP contribution in [0.25, 0.3) is 11.4 Å². The zero-order valence-corrected chi connectivity index (χ0v) is 24.6. The standard InChI is InChI=1S/C28H43N5O5S/c1-6-39(35,36)33-12-11-32(19-28(33,3)4)27-20(2)25(14-21-10-13-37-17-21)30-26(31-27)22-8-7-9-24(15-22)38-18-23(34)16-29-5/h7-9,15,21,23,29,34H,6,10-14,16-19H2,1-5H3/t21-,23?/m0/s1. The third-order valence-electron chi connectivity index (χ3n) is 7.53. The summed E-state index contributed by atoms with van der Waals surface area (Å²) in [4.78, 5) is 12.3. The first-order valence-corrected chi connectivity index (χ1v) is 15.4. The van der Waals surface area contributed by atoms with Gasteiger partial charge in [-0.1, -0.05) is 12.1 Å². The minimum absolute atomic E-state index is 0.0884. The molecule has 1 aromatic carbocycles. The first kappa shape index (κ1) is 29.7. The fraction of sp³-hybridized carbons (Fsp3) is 0.643. The van der Waals surface area contributed by atoms with Crippen molar-refractivity contribution in [1.29, 1.82) is 0 Å². The summed E-state index contributed by atoms with van der Waals surface area (Å²) in [6.07, 6.45) is 1.20. The second kappa shape index (κ2) is 12.5. The maximum absolute atomic E-state index is 12.8. The Morgan fingerprint density at radius 3 is 2.74 bits per heavy atom. The van der Waals surface area contributed by atoms with E-state index in [2.05, 4.69) is 17.1 Å². The highest BCUT2D eigenvalue weighted by Gasteiger charge is 2.41. The number of piperazine rings is 1. The number of anilines is 1. The highest BCUT2D eigenvalue weighted by molar-refractivity contribution is 7.89. The van der Waals surface area contributed by atoms with Gasteiger partial charge >= 0.3 is 0 Å². The molecule has 216 valence electrons. The molecule has 0 aliphatic carbocycles. The number of benzene rings is 1. The Labute approximate surface area is 232 Å². The van der Waals surface area contributed by atoms with Gasteiger partial charge in [0.2, 0.25) is 10.0 Å². The van der Waals surface area contributed by atoms with Gasteiger partial charge in [0, 0.05) is 61.8 Å². The molecule has 11 heteroatoms. The first-order valence-electron chi connectivity index (χ1n) is 13.8. The predicted octanol–water partition coefficient (Wildman–Crippen LogP) is 2.24. The van der Waals surface area contributed by atoms with Crippen molar-refractivity contribution in [3.8, 4) is 17.1 Å². The van der Waals surface area contributed by atoms with Crippen molar-refractivity contribution < 1.29 is 23.0 Å². The predicted molar refractivity (Wildman–Crippen MR) is 153 cm³/mol. The van der Waals surface area contributed by atoms with Crippen molar-refractivity contribution in [2.24, 2.45) is 5.92 Å². The Kier molecular flexibility index (Phi) is 9.49. The Balaban J connectivity index is 1.67. The third kappa shape index (κ3) is 7.07. The van der Waals surface area contributed by atoms with Crippen LogP contribution in [0.2, 0.25) is 0 Å². The van der Waals surface area contributed by atoms with Crippen molar-refractivity contribution in [1.82, 2.24) is 19.6 Å². The fourth-order valence-corrected chi connectivity index (χ4v) is 6.89. The van der Waals surface area contributed by atoms with E-state index >= 15 is 0 Å². The molecule has 0 radical (unpaired) electrons. The van der Waals surface area contributed by atoms with Gasteiger partial charge in [0.25, 0.3) is 0 Å². The molecule has 10 nitrogen and oxygen atoms in total. The first-order chi connectivity index (χ1) is 18.5. The van der Waals surface area contributed by atoms with Gasteiger partial charge in [-0.15, -0.1) is 0 Å². The van der Waals surface area contributed by atoms with E-state index in [4.69, 9.17) is 19.4 Å². The largest absolute Gasteiger partial charge is 0.491 e. The van der Waals surface area contributed by atoms with Crippen molar-refractivity contribution in [3.63, 3.8) is 0 Å². The van der Waals surface area contributed by atoms with Crippen LogP contribution in [0.5, 0.6) is 5.75 Å². The summed E-state index contributed by atoms with van der Waals surface area (Å²) in [5.41, 5.74) is 2.26. The molecule has 2 N–H and O–H groups in total. The summed E-state index contributed by atoms with van der Waals surface area (Å²) in [5, 5.41) is 13.0. The van der Waals surface area contributed by atoms with Gasteiger partial charge < -0.3 is 24.8 Å². The van der Waals surface area contributed by atoms with Crippen LogP contribution in [0.1, 0.15) is 38.4 Å². The van der Waals surface area contributed by atoms with Gasteiger partial charge in [-0.05, 0) is 65.6 Å². The molecular weight excluding hydrogens is 518 g/mol. The van der Waals surface area contributed by atoms with Crippen molar-refractivity contribution >= 4 is 15.8 Å². The van der Waals surface area contributed by atoms with Gasteiger partial charge in [-0.3, -0.25) is 0 Å². The molecule has 0 amide bonds. The number of aliphatic hydroxyl groups is 1. The number of rotatable bonds is 11. The maximum atomic E-state index is 12.8. The van der Waals surface area contributed by atoms with E-state index < -0.39 is 21.7 Å². The molecule has 3 heterocycles. The van der Waals surface area contributed by atoms with Crippen molar-refractivity contribution in [2.45, 2.75) is 52.2 Å². The van der Waals surface area contributed by atoms with E-state index in [-0.39, 0.29) is 12.4 Å². The summed E-state index contributed by atoms with van der Waals surface area (Å²) in [6, 6.07) is 7.62. The number of nitrogens with zero attached hydrogens (tertiary/aromatic N) is 4. The van der Waals surface area contributed by atoms with Crippen LogP contribution in [-0.4, -0.2) is 98.2 Å². The molecule has 2 aliphatic rings. The molecule has 2 aromatic rings. The average molecular weight is 562 g/mol. The van der Waals surface area contributed by atoms with E-state index in [1.807, 2.05) is 38.1 Å². The molecule has 2 atom stereocenters. The number of ether oxygens (including phenoxy) is 2. The van der Waals surface area contributed by atoms with Crippen LogP contribution < -0.4 is 15.0 Å². The molecule has 0 saturated carbocycles. The van der Waals surface area contributed by atoms with Crippen molar-refractivity contribution in [3.05, 3.63) is 35.5 Å². The smallest absolute Gasteiger partial charge is 0.214 e. The second-order valence-electron chi connectivity index (χ2n) is 11.1. The highest BCUT2D eigenvalue weighted by Crippen LogP contribution is 2.33. The molecule has 1 unspecified atom stereocenters. The van der Waals surface area contributed by atoms with Crippen LogP contribution in [0.15, 0.2) is 24.3 Å².